The van der Waals surface area contributed by atoms with E-state index in [1.165, 1.54) is 5.39 Å². The molecule has 0 aliphatic carbocycles. The summed E-state index contributed by atoms with van der Waals surface area (Å²) in [5.74, 6) is 0. The van der Waals surface area contributed by atoms with Crippen LogP contribution in [0.1, 0.15) is 19.8 Å². The number of hydrogen-bond donors (Lipinski definition) is 2. The molecule has 1 aromatic carbocycles. The minimum Gasteiger partial charge on any atom is -0.382 e. The third kappa shape index (κ3) is 2.74. The maximum atomic E-state index is 5.62. The summed E-state index contributed by atoms with van der Waals surface area (Å²) in [4.78, 5) is 4.36. The normalized spacial score (nSPS) is 12.6. The summed E-state index contributed by atoms with van der Waals surface area (Å²) >= 11 is 0. The maximum Gasteiger partial charge on any atom is 0.0722 e. The molecule has 0 aliphatic rings. The summed E-state index contributed by atoms with van der Waals surface area (Å²) in [6, 6.07) is 10.6. The van der Waals surface area contributed by atoms with Crippen molar-refractivity contribution in [2.45, 2.75) is 25.8 Å². The highest BCUT2D eigenvalue weighted by atomic mass is 14.9. The van der Waals surface area contributed by atoms with Crippen LogP contribution in [0.15, 0.2) is 36.5 Å². The molecule has 1 atom stereocenters. The Labute approximate surface area is 102 Å². The molecule has 0 bridgehead atoms. The van der Waals surface area contributed by atoms with E-state index in [2.05, 4.69) is 23.3 Å². The number of nitrogens with one attached hydrogen (secondary N) is 1. The number of nitrogens with two attached hydrogens (primary N) is 1. The lowest BCUT2D eigenvalue weighted by Crippen LogP contribution is -2.22. The molecule has 3 heteroatoms. The first-order valence-corrected chi connectivity index (χ1v) is 6.15. The van der Waals surface area contributed by atoms with E-state index in [0.29, 0.717) is 12.6 Å². The first-order chi connectivity index (χ1) is 8.35. The van der Waals surface area contributed by atoms with Crippen LogP contribution in [0.2, 0.25) is 0 Å². The molecular formula is C14H19N3. The van der Waals surface area contributed by atoms with Gasteiger partial charge in [0.25, 0.3) is 0 Å². The van der Waals surface area contributed by atoms with Crippen LogP contribution in [-0.2, 0) is 0 Å². The Kier molecular flexibility index (Phi) is 3.94. The topological polar surface area (TPSA) is 50.9 Å². The first kappa shape index (κ1) is 11.9. The lowest BCUT2D eigenvalue weighted by Gasteiger charge is -2.18. The highest BCUT2D eigenvalue weighted by Gasteiger charge is 2.07. The van der Waals surface area contributed by atoms with Crippen LogP contribution in [0.25, 0.3) is 10.9 Å². The summed E-state index contributed by atoms with van der Waals surface area (Å²) in [7, 11) is 0. The molecule has 0 aliphatic heterocycles. The number of nitrogens with zero attached hydrogens (tertiary/aromatic N) is 1. The second-order valence-corrected chi connectivity index (χ2v) is 4.20. The van der Waals surface area contributed by atoms with Gasteiger partial charge in [-0.05, 0) is 31.5 Å². The van der Waals surface area contributed by atoms with Crippen LogP contribution >= 0.6 is 0 Å². The van der Waals surface area contributed by atoms with Gasteiger partial charge >= 0.3 is 0 Å². The predicted octanol–water partition coefficient (Wildman–Crippen LogP) is 2.77. The fourth-order valence-electron chi connectivity index (χ4n) is 2.02. The molecule has 3 N–H and O–H groups in total. The minimum atomic E-state index is 0.436. The van der Waals surface area contributed by atoms with E-state index >= 15 is 0 Å². The molecule has 1 aromatic heterocycles. The van der Waals surface area contributed by atoms with Gasteiger partial charge in [0.2, 0.25) is 0 Å². The quantitative estimate of drug-likeness (QED) is 0.829. The zero-order chi connectivity index (χ0) is 12.1. The van der Waals surface area contributed by atoms with Crippen LogP contribution in [-0.4, -0.2) is 17.6 Å². The number of fused-ring (bicyclic) bond motifs is 1. The highest BCUT2D eigenvalue weighted by molar-refractivity contribution is 5.90. The van der Waals surface area contributed by atoms with E-state index in [0.717, 1.165) is 24.0 Å². The van der Waals surface area contributed by atoms with Gasteiger partial charge in [0, 0.05) is 23.3 Å². The molecule has 2 rings (SSSR count). The second kappa shape index (κ2) is 5.64. The summed E-state index contributed by atoms with van der Waals surface area (Å²) < 4.78 is 0. The molecule has 1 heterocycles. The third-order valence-corrected chi connectivity index (χ3v) is 3.02. The standard InChI is InChI=1S/C14H19N3/c1-2-11(7-9-15)17-14-8-10-16-13-6-4-3-5-12(13)14/h3-6,8,10-11H,2,7,9,15H2,1H3,(H,16,17). The van der Waals surface area contributed by atoms with Crippen molar-refractivity contribution >= 4 is 16.6 Å². The van der Waals surface area contributed by atoms with E-state index in [1.54, 1.807) is 0 Å². The monoisotopic (exact) mass is 229 g/mol. The highest BCUT2D eigenvalue weighted by Crippen LogP contribution is 2.22. The zero-order valence-corrected chi connectivity index (χ0v) is 10.2. The molecule has 3 nitrogen and oxygen atoms in total. The van der Waals surface area contributed by atoms with E-state index in [4.69, 9.17) is 5.73 Å². The lowest BCUT2D eigenvalue weighted by atomic mass is 10.1. The van der Waals surface area contributed by atoms with Crippen LogP contribution < -0.4 is 11.1 Å². The number of para-hydroxylation sites is 1. The molecule has 2 aromatic rings. The maximum absolute atomic E-state index is 5.62. The van der Waals surface area contributed by atoms with E-state index < -0.39 is 0 Å². The van der Waals surface area contributed by atoms with Crippen molar-refractivity contribution in [3.8, 4) is 0 Å². The summed E-state index contributed by atoms with van der Waals surface area (Å²) in [6.45, 7) is 2.89. The molecule has 0 saturated carbocycles. The van der Waals surface area contributed by atoms with Crippen molar-refractivity contribution in [2.24, 2.45) is 5.73 Å². The number of benzene rings is 1. The van der Waals surface area contributed by atoms with Crippen molar-refractivity contribution in [3.63, 3.8) is 0 Å². The predicted molar refractivity (Wildman–Crippen MR) is 73.1 cm³/mol. The molecule has 17 heavy (non-hydrogen) atoms. The van der Waals surface area contributed by atoms with E-state index in [-0.39, 0.29) is 0 Å². The van der Waals surface area contributed by atoms with Crippen molar-refractivity contribution < 1.29 is 0 Å². The van der Waals surface area contributed by atoms with Gasteiger partial charge in [-0.1, -0.05) is 25.1 Å². The zero-order valence-electron chi connectivity index (χ0n) is 10.2. The minimum absolute atomic E-state index is 0.436. The van der Waals surface area contributed by atoms with Gasteiger partial charge < -0.3 is 11.1 Å². The summed E-state index contributed by atoms with van der Waals surface area (Å²) in [5, 5.41) is 4.72. The number of rotatable bonds is 5. The number of pyridine rings is 1. The number of aromatic nitrogens is 1. The van der Waals surface area contributed by atoms with Crippen LogP contribution in [0.4, 0.5) is 5.69 Å². The third-order valence-electron chi connectivity index (χ3n) is 3.02. The molecule has 0 spiro atoms. The molecule has 0 fully saturated rings. The van der Waals surface area contributed by atoms with Crippen molar-refractivity contribution in [3.05, 3.63) is 36.5 Å². The fourth-order valence-corrected chi connectivity index (χ4v) is 2.02. The van der Waals surface area contributed by atoms with Gasteiger partial charge in [0.15, 0.2) is 0 Å². The Bertz CT molecular complexity index is 476. The van der Waals surface area contributed by atoms with E-state index in [1.807, 2.05) is 30.5 Å². The SMILES string of the molecule is CCC(CCN)Nc1ccnc2ccccc12. The Morgan fingerprint density at radius 3 is 2.88 bits per heavy atom. The van der Waals surface area contributed by atoms with Crippen molar-refractivity contribution in [1.82, 2.24) is 4.98 Å². The Hall–Kier alpha value is -1.61. The average molecular weight is 229 g/mol. The molecule has 0 radical (unpaired) electrons. The van der Waals surface area contributed by atoms with Crippen molar-refractivity contribution in [1.29, 1.82) is 0 Å². The summed E-state index contributed by atoms with van der Waals surface area (Å²) in [6.07, 6.45) is 3.92. The number of anilines is 1. The Balaban J connectivity index is 2.28. The smallest absolute Gasteiger partial charge is 0.0722 e. The Morgan fingerprint density at radius 2 is 2.12 bits per heavy atom. The van der Waals surface area contributed by atoms with Gasteiger partial charge in [0.05, 0.1) is 5.52 Å². The van der Waals surface area contributed by atoms with E-state index in [9.17, 15) is 0 Å². The molecule has 90 valence electrons. The first-order valence-electron chi connectivity index (χ1n) is 6.15. The van der Waals surface area contributed by atoms with Crippen molar-refractivity contribution in [2.75, 3.05) is 11.9 Å². The molecule has 0 saturated heterocycles. The van der Waals surface area contributed by atoms with Crippen LogP contribution in [0, 0.1) is 0 Å². The van der Waals surface area contributed by atoms with Gasteiger partial charge in [0.1, 0.15) is 0 Å². The number of hydrogen-bond acceptors (Lipinski definition) is 3. The second-order valence-electron chi connectivity index (χ2n) is 4.20. The van der Waals surface area contributed by atoms with Crippen LogP contribution in [0.3, 0.4) is 0 Å². The summed E-state index contributed by atoms with van der Waals surface area (Å²) in [5.41, 5.74) is 7.80. The van der Waals surface area contributed by atoms with Crippen LogP contribution in [0.5, 0.6) is 0 Å². The van der Waals surface area contributed by atoms with Gasteiger partial charge in [-0.15, -0.1) is 0 Å². The molecular weight excluding hydrogens is 210 g/mol. The fraction of sp³-hybridized carbons (Fsp3) is 0.357. The average Bonchev–Trinajstić information content (AvgIpc) is 2.38. The van der Waals surface area contributed by atoms with Gasteiger partial charge in [-0.3, -0.25) is 4.98 Å². The van der Waals surface area contributed by atoms with Gasteiger partial charge in [-0.2, -0.15) is 0 Å². The van der Waals surface area contributed by atoms with Gasteiger partial charge in [-0.25, -0.2) is 0 Å². The Morgan fingerprint density at radius 1 is 1.29 bits per heavy atom. The molecule has 1 unspecified atom stereocenters. The lowest BCUT2D eigenvalue weighted by molar-refractivity contribution is 0.643. The molecule has 0 amide bonds. The largest absolute Gasteiger partial charge is 0.382 e.